The summed E-state index contributed by atoms with van der Waals surface area (Å²) in [6.45, 7) is 0. The monoisotopic (exact) mass is 343 g/mol. The van der Waals surface area contributed by atoms with Crippen molar-refractivity contribution in [2.75, 3.05) is 21.3 Å². The second-order valence-electron chi connectivity index (χ2n) is 4.93. The van der Waals surface area contributed by atoms with Crippen molar-refractivity contribution in [1.29, 1.82) is 0 Å². The molecule has 25 heavy (non-hydrogen) atoms. The fourth-order valence-corrected chi connectivity index (χ4v) is 2.30. The topological polar surface area (TPSA) is 87.9 Å². The zero-order valence-corrected chi connectivity index (χ0v) is 14.0. The van der Waals surface area contributed by atoms with E-state index in [1.54, 1.807) is 18.2 Å². The molecule has 0 aliphatic carbocycles. The Morgan fingerprint density at radius 3 is 2.16 bits per heavy atom. The molecule has 0 N–H and O–H groups in total. The molecule has 0 unspecified atom stereocenters. The van der Waals surface area contributed by atoms with Crippen LogP contribution < -0.4 is 14.2 Å². The number of ether oxygens (including phenoxy) is 3. The van der Waals surface area contributed by atoms with Crippen LogP contribution in [-0.4, -0.2) is 32.0 Å². The van der Waals surface area contributed by atoms with Gasteiger partial charge in [-0.2, -0.15) is 0 Å². The molecule has 0 saturated carbocycles. The molecule has 0 amide bonds. The first kappa shape index (κ1) is 18.0. The summed E-state index contributed by atoms with van der Waals surface area (Å²) in [6, 6.07) is 9.14. The number of carbonyl (C=O) groups is 1. The Morgan fingerprint density at radius 2 is 1.64 bits per heavy atom. The summed E-state index contributed by atoms with van der Waals surface area (Å²) in [7, 11) is 4.47. The van der Waals surface area contributed by atoms with E-state index in [0.29, 0.717) is 22.8 Å². The predicted molar refractivity (Wildman–Crippen MR) is 92.6 cm³/mol. The van der Waals surface area contributed by atoms with E-state index in [2.05, 4.69) is 0 Å². The lowest BCUT2D eigenvalue weighted by atomic mass is 10.1. The lowest BCUT2D eigenvalue weighted by Crippen LogP contribution is -2.00. The molecule has 2 rings (SSSR count). The average molecular weight is 343 g/mol. The number of benzene rings is 2. The first-order chi connectivity index (χ1) is 12.0. The van der Waals surface area contributed by atoms with E-state index >= 15 is 0 Å². The van der Waals surface area contributed by atoms with Crippen LogP contribution in [0.5, 0.6) is 17.2 Å². The molecule has 0 fully saturated rings. The van der Waals surface area contributed by atoms with Gasteiger partial charge in [0.2, 0.25) is 5.75 Å². The van der Waals surface area contributed by atoms with Crippen LogP contribution in [0.25, 0.3) is 6.08 Å². The summed E-state index contributed by atoms with van der Waals surface area (Å²) in [6.07, 6.45) is 2.80. The van der Waals surface area contributed by atoms with E-state index in [4.69, 9.17) is 14.2 Å². The highest BCUT2D eigenvalue weighted by atomic mass is 16.6. The summed E-state index contributed by atoms with van der Waals surface area (Å²) in [5.74, 6) is 0.854. The van der Waals surface area contributed by atoms with Crippen LogP contribution in [-0.2, 0) is 0 Å². The SMILES string of the molecule is COc1cc(C=CC(=O)c2ccccc2[N+](=O)[O-])cc(OC)c1OC. The van der Waals surface area contributed by atoms with E-state index in [9.17, 15) is 14.9 Å². The number of ketones is 1. The van der Waals surface area contributed by atoms with Gasteiger partial charge in [0.1, 0.15) is 0 Å². The Kier molecular flexibility index (Phi) is 5.73. The van der Waals surface area contributed by atoms with Crippen LogP contribution in [0.15, 0.2) is 42.5 Å². The third-order valence-electron chi connectivity index (χ3n) is 3.48. The lowest BCUT2D eigenvalue weighted by molar-refractivity contribution is -0.385. The predicted octanol–water partition coefficient (Wildman–Crippen LogP) is 3.52. The fourth-order valence-electron chi connectivity index (χ4n) is 2.30. The van der Waals surface area contributed by atoms with Gasteiger partial charge in [-0.05, 0) is 29.8 Å². The molecule has 0 spiro atoms. The van der Waals surface area contributed by atoms with E-state index in [1.165, 1.54) is 51.7 Å². The van der Waals surface area contributed by atoms with Gasteiger partial charge in [0.15, 0.2) is 17.3 Å². The van der Waals surface area contributed by atoms with Crippen molar-refractivity contribution in [2.24, 2.45) is 0 Å². The number of para-hydroxylation sites is 1. The number of allylic oxidation sites excluding steroid dienone is 1. The molecule has 0 saturated heterocycles. The standard InChI is InChI=1S/C18H17NO6/c1-23-16-10-12(11-17(24-2)18(16)25-3)8-9-15(20)13-6-4-5-7-14(13)19(21)22/h4-11H,1-3H3. The van der Waals surface area contributed by atoms with Gasteiger partial charge in [-0.1, -0.05) is 18.2 Å². The Bertz CT molecular complexity index is 803. The molecule has 0 aliphatic heterocycles. The van der Waals surface area contributed by atoms with Gasteiger partial charge in [-0.15, -0.1) is 0 Å². The van der Waals surface area contributed by atoms with Crippen LogP contribution in [0, 0.1) is 10.1 Å². The third kappa shape index (κ3) is 3.95. The molecule has 0 aromatic heterocycles. The van der Waals surface area contributed by atoms with Crippen LogP contribution in [0.4, 0.5) is 5.69 Å². The summed E-state index contributed by atoms with van der Waals surface area (Å²) in [4.78, 5) is 22.7. The highest BCUT2D eigenvalue weighted by molar-refractivity contribution is 6.09. The van der Waals surface area contributed by atoms with Crippen molar-refractivity contribution in [2.45, 2.75) is 0 Å². The number of carbonyl (C=O) groups excluding carboxylic acids is 1. The van der Waals surface area contributed by atoms with Crippen molar-refractivity contribution < 1.29 is 23.9 Å². The maximum absolute atomic E-state index is 12.3. The number of hydrogen-bond acceptors (Lipinski definition) is 6. The molecule has 2 aromatic rings. The average Bonchev–Trinajstić information content (AvgIpc) is 2.64. The Balaban J connectivity index is 2.36. The molecule has 130 valence electrons. The molecule has 0 heterocycles. The largest absolute Gasteiger partial charge is 0.493 e. The number of hydrogen-bond donors (Lipinski definition) is 0. The number of nitrogens with zero attached hydrogens (tertiary/aromatic N) is 1. The normalized spacial score (nSPS) is 10.5. The summed E-state index contributed by atoms with van der Waals surface area (Å²) in [5.41, 5.74) is 0.416. The summed E-state index contributed by atoms with van der Waals surface area (Å²) < 4.78 is 15.7. The molecule has 0 radical (unpaired) electrons. The Morgan fingerprint density at radius 1 is 1.04 bits per heavy atom. The number of nitro benzene ring substituents is 1. The Hall–Kier alpha value is -3.35. The quantitative estimate of drug-likeness (QED) is 0.331. The van der Waals surface area contributed by atoms with Crippen molar-refractivity contribution in [3.05, 3.63) is 63.7 Å². The van der Waals surface area contributed by atoms with Gasteiger partial charge in [0, 0.05) is 6.07 Å². The van der Waals surface area contributed by atoms with Crippen LogP contribution in [0.2, 0.25) is 0 Å². The minimum absolute atomic E-state index is 0.0243. The summed E-state index contributed by atoms with van der Waals surface area (Å²) in [5, 5.41) is 11.0. The highest BCUT2D eigenvalue weighted by Gasteiger charge is 2.17. The zero-order valence-electron chi connectivity index (χ0n) is 14.0. The zero-order chi connectivity index (χ0) is 18.4. The maximum atomic E-state index is 12.3. The van der Waals surface area contributed by atoms with Gasteiger partial charge in [-0.25, -0.2) is 0 Å². The molecule has 0 bridgehead atoms. The minimum atomic E-state index is -0.583. The number of nitro groups is 1. The molecular formula is C18H17NO6. The van der Waals surface area contributed by atoms with Gasteiger partial charge < -0.3 is 14.2 Å². The van der Waals surface area contributed by atoms with E-state index in [-0.39, 0.29) is 11.3 Å². The second kappa shape index (κ2) is 7.96. The molecular weight excluding hydrogens is 326 g/mol. The van der Waals surface area contributed by atoms with Crippen molar-refractivity contribution in [3.63, 3.8) is 0 Å². The van der Waals surface area contributed by atoms with Gasteiger partial charge >= 0.3 is 0 Å². The number of methoxy groups -OCH3 is 3. The van der Waals surface area contributed by atoms with E-state index in [0.717, 1.165) is 0 Å². The lowest BCUT2D eigenvalue weighted by Gasteiger charge is -2.12. The molecule has 2 aromatic carbocycles. The van der Waals surface area contributed by atoms with E-state index in [1.807, 2.05) is 0 Å². The second-order valence-corrected chi connectivity index (χ2v) is 4.93. The molecule has 7 nitrogen and oxygen atoms in total. The van der Waals surface area contributed by atoms with Crippen LogP contribution in [0.3, 0.4) is 0 Å². The highest BCUT2D eigenvalue weighted by Crippen LogP contribution is 2.38. The summed E-state index contributed by atoms with van der Waals surface area (Å²) >= 11 is 0. The molecule has 0 atom stereocenters. The van der Waals surface area contributed by atoms with Crippen molar-refractivity contribution in [1.82, 2.24) is 0 Å². The van der Waals surface area contributed by atoms with Gasteiger partial charge in [0.25, 0.3) is 5.69 Å². The maximum Gasteiger partial charge on any atom is 0.280 e. The fraction of sp³-hybridized carbons (Fsp3) is 0.167. The first-order valence-electron chi connectivity index (χ1n) is 7.27. The van der Waals surface area contributed by atoms with Gasteiger partial charge in [-0.3, -0.25) is 14.9 Å². The Labute approximate surface area is 144 Å². The smallest absolute Gasteiger partial charge is 0.280 e. The molecule has 7 heteroatoms. The van der Waals surface area contributed by atoms with E-state index < -0.39 is 10.7 Å². The van der Waals surface area contributed by atoms with Crippen molar-refractivity contribution in [3.8, 4) is 17.2 Å². The first-order valence-corrected chi connectivity index (χ1v) is 7.27. The number of rotatable bonds is 7. The molecule has 0 aliphatic rings. The van der Waals surface area contributed by atoms with Crippen LogP contribution >= 0.6 is 0 Å². The van der Waals surface area contributed by atoms with Gasteiger partial charge in [0.05, 0.1) is 31.8 Å². The van der Waals surface area contributed by atoms with Crippen LogP contribution in [0.1, 0.15) is 15.9 Å². The van der Waals surface area contributed by atoms with Crippen molar-refractivity contribution >= 4 is 17.5 Å². The third-order valence-corrected chi connectivity index (χ3v) is 3.48. The minimum Gasteiger partial charge on any atom is -0.493 e.